The number of urea groups is 1. The molecule has 1 aromatic carbocycles. The fraction of sp³-hybridized carbons (Fsp3) is 0.526. The molecule has 2 fully saturated rings. The van der Waals surface area contributed by atoms with Crippen molar-refractivity contribution in [3.8, 4) is 0 Å². The van der Waals surface area contributed by atoms with Crippen molar-refractivity contribution in [3.05, 3.63) is 42.0 Å². The standard InChI is InChI=1S/C19H26N2O2/c1-23-15-14-21(13-5-8-16-6-3-2-4-7-16)18(22)20-19(11-12-19)17-9-10-17/h2-8,17H,9-15H2,1H3,(H,20,22). The van der Waals surface area contributed by atoms with Gasteiger partial charge in [-0.25, -0.2) is 4.79 Å². The molecular weight excluding hydrogens is 288 g/mol. The second-order valence-electron chi connectivity index (χ2n) is 6.61. The summed E-state index contributed by atoms with van der Waals surface area (Å²) < 4.78 is 5.15. The monoisotopic (exact) mass is 314 g/mol. The molecule has 1 N–H and O–H groups in total. The molecule has 124 valence electrons. The fourth-order valence-electron chi connectivity index (χ4n) is 3.06. The Morgan fingerprint density at radius 3 is 2.70 bits per heavy atom. The van der Waals surface area contributed by atoms with Gasteiger partial charge >= 0.3 is 6.03 Å². The molecule has 4 nitrogen and oxygen atoms in total. The minimum atomic E-state index is 0.0455. The molecule has 4 heteroatoms. The number of nitrogens with zero attached hydrogens (tertiary/aromatic N) is 1. The quantitative estimate of drug-likeness (QED) is 0.800. The number of ether oxygens (including phenoxy) is 1. The summed E-state index contributed by atoms with van der Waals surface area (Å²) in [6, 6.07) is 10.2. The van der Waals surface area contributed by atoms with Crippen molar-refractivity contribution in [3.63, 3.8) is 0 Å². The summed E-state index contributed by atoms with van der Waals surface area (Å²) in [7, 11) is 1.67. The Balaban J connectivity index is 1.56. The summed E-state index contributed by atoms with van der Waals surface area (Å²) >= 11 is 0. The minimum absolute atomic E-state index is 0.0455. The van der Waals surface area contributed by atoms with Gasteiger partial charge in [0.15, 0.2) is 0 Å². The molecule has 2 saturated carbocycles. The SMILES string of the molecule is COCCN(CC=Cc1ccccc1)C(=O)NC1(C2CC2)CC1. The predicted octanol–water partition coefficient (Wildman–Crippen LogP) is 3.30. The van der Waals surface area contributed by atoms with Gasteiger partial charge in [-0.2, -0.15) is 0 Å². The molecule has 0 saturated heterocycles. The molecule has 0 atom stereocenters. The van der Waals surface area contributed by atoms with Gasteiger partial charge in [-0.1, -0.05) is 42.5 Å². The third kappa shape index (κ3) is 4.35. The first-order valence-electron chi connectivity index (χ1n) is 8.51. The summed E-state index contributed by atoms with van der Waals surface area (Å²) in [4.78, 5) is 14.4. The Labute approximate surface area is 138 Å². The van der Waals surface area contributed by atoms with Crippen molar-refractivity contribution >= 4 is 12.1 Å². The smallest absolute Gasteiger partial charge is 0.318 e. The highest BCUT2D eigenvalue weighted by Gasteiger charge is 2.55. The third-order valence-electron chi connectivity index (χ3n) is 4.79. The van der Waals surface area contributed by atoms with Crippen LogP contribution in [0.2, 0.25) is 0 Å². The van der Waals surface area contributed by atoms with Gasteiger partial charge in [0.05, 0.1) is 6.61 Å². The molecule has 0 heterocycles. The van der Waals surface area contributed by atoms with Crippen LogP contribution in [0.4, 0.5) is 4.79 Å². The topological polar surface area (TPSA) is 41.6 Å². The lowest BCUT2D eigenvalue weighted by Crippen LogP contribution is -2.48. The molecule has 1 aromatic rings. The van der Waals surface area contributed by atoms with E-state index in [1.165, 1.54) is 12.8 Å². The van der Waals surface area contributed by atoms with Gasteiger partial charge < -0.3 is 15.0 Å². The Hall–Kier alpha value is -1.81. The zero-order valence-electron chi connectivity index (χ0n) is 13.8. The van der Waals surface area contributed by atoms with Crippen molar-refractivity contribution in [2.45, 2.75) is 31.2 Å². The van der Waals surface area contributed by atoms with Crippen LogP contribution in [0.5, 0.6) is 0 Å². The van der Waals surface area contributed by atoms with Crippen molar-refractivity contribution in [2.75, 3.05) is 26.8 Å². The number of carbonyl (C=O) groups excluding carboxylic acids is 1. The van der Waals surface area contributed by atoms with Crippen LogP contribution in [0.3, 0.4) is 0 Å². The number of benzene rings is 1. The van der Waals surface area contributed by atoms with Crippen LogP contribution in [0.1, 0.15) is 31.2 Å². The van der Waals surface area contributed by atoms with E-state index in [0.29, 0.717) is 19.7 Å². The highest BCUT2D eigenvalue weighted by atomic mass is 16.5. The number of hydrogen-bond donors (Lipinski definition) is 1. The molecule has 2 aliphatic rings. The molecule has 23 heavy (non-hydrogen) atoms. The molecule has 0 bridgehead atoms. The van der Waals surface area contributed by atoms with Crippen molar-refractivity contribution < 1.29 is 9.53 Å². The lowest BCUT2D eigenvalue weighted by atomic mass is 10.1. The van der Waals surface area contributed by atoms with E-state index in [9.17, 15) is 4.79 Å². The molecule has 0 aliphatic heterocycles. The molecule has 0 radical (unpaired) electrons. The van der Waals surface area contributed by atoms with Crippen LogP contribution < -0.4 is 5.32 Å². The molecule has 0 unspecified atom stereocenters. The summed E-state index contributed by atoms with van der Waals surface area (Å²) in [5, 5.41) is 3.28. The number of methoxy groups -OCH3 is 1. The highest BCUT2D eigenvalue weighted by Crippen LogP contribution is 2.53. The predicted molar refractivity (Wildman–Crippen MR) is 92.1 cm³/mol. The number of carbonyl (C=O) groups is 1. The van der Waals surface area contributed by atoms with E-state index in [1.54, 1.807) is 7.11 Å². The van der Waals surface area contributed by atoms with Gasteiger partial charge in [0.25, 0.3) is 0 Å². The van der Waals surface area contributed by atoms with Crippen molar-refractivity contribution in [1.29, 1.82) is 0 Å². The van der Waals surface area contributed by atoms with Gasteiger partial charge in [-0.15, -0.1) is 0 Å². The van der Waals surface area contributed by atoms with Crippen LogP contribution in [0.15, 0.2) is 36.4 Å². The zero-order valence-corrected chi connectivity index (χ0v) is 13.8. The first-order valence-corrected chi connectivity index (χ1v) is 8.51. The van der Waals surface area contributed by atoms with Crippen LogP contribution in [0, 0.1) is 5.92 Å². The molecule has 2 amide bonds. The average molecular weight is 314 g/mol. The van der Waals surface area contributed by atoms with Gasteiger partial charge in [0, 0.05) is 25.7 Å². The second kappa shape index (κ2) is 7.18. The van der Waals surface area contributed by atoms with E-state index < -0.39 is 0 Å². The van der Waals surface area contributed by atoms with E-state index in [1.807, 2.05) is 29.2 Å². The summed E-state index contributed by atoms with van der Waals surface area (Å²) in [5.41, 5.74) is 1.27. The van der Waals surface area contributed by atoms with Crippen molar-refractivity contribution in [1.82, 2.24) is 10.2 Å². The van der Waals surface area contributed by atoms with Crippen molar-refractivity contribution in [2.24, 2.45) is 5.92 Å². The molecule has 3 rings (SSSR count). The van der Waals surface area contributed by atoms with E-state index in [-0.39, 0.29) is 11.6 Å². The minimum Gasteiger partial charge on any atom is -0.383 e. The van der Waals surface area contributed by atoms with Crippen LogP contribution in [-0.2, 0) is 4.74 Å². The average Bonchev–Trinajstić information content (AvgIpc) is 3.45. The normalized spacial score (nSPS) is 18.8. The maximum Gasteiger partial charge on any atom is 0.318 e. The van der Waals surface area contributed by atoms with Gasteiger partial charge in [-0.3, -0.25) is 0 Å². The first-order chi connectivity index (χ1) is 11.2. The molecule has 0 spiro atoms. The summed E-state index contributed by atoms with van der Waals surface area (Å²) in [6.45, 7) is 1.77. The third-order valence-corrected chi connectivity index (χ3v) is 4.79. The van der Waals surface area contributed by atoms with Gasteiger partial charge in [0.2, 0.25) is 0 Å². The van der Waals surface area contributed by atoms with E-state index in [2.05, 4.69) is 23.5 Å². The largest absolute Gasteiger partial charge is 0.383 e. The Morgan fingerprint density at radius 1 is 1.35 bits per heavy atom. The Morgan fingerprint density at radius 2 is 2.09 bits per heavy atom. The van der Waals surface area contributed by atoms with E-state index in [0.717, 1.165) is 24.3 Å². The van der Waals surface area contributed by atoms with Crippen LogP contribution in [0.25, 0.3) is 6.08 Å². The molecule has 2 aliphatic carbocycles. The maximum atomic E-state index is 12.6. The van der Waals surface area contributed by atoms with E-state index >= 15 is 0 Å². The maximum absolute atomic E-state index is 12.6. The second-order valence-corrected chi connectivity index (χ2v) is 6.61. The van der Waals surface area contributed by atoms with E-state index in [4.69, 9.17) is 4.74 Å². The van der Waals surface area contributed by atoms with Crippen LogP contribution >= 0.6 is 0 Å². The zero-order chi connectivity index (χ0) is 16.1. The molecule has 0 aromatic heterocycles. The fourth-order valence-corrected chi connectivity index (χ4v) is 3.06. The first kappa shape index (κ1) is 16.1. The number of hydrogen-bond acceptors (Lipinski definition) is 2. The highest BCUT2D eigenvalue weighted by molar-refractivity contribution is 5.76. The Bertz CT molecular complexity index is 548. The van der Waals surface area contributed by atoms with Gasteiger partial charge in [0.1, 0.15) is 0 Å². The number of rotatable bonds is 8. The van der Waals surface area contributed by atoms with Gasteiger partial charge in [-0.05, 0) is 37.2 Å². The lowest BCUT2D eigenvalue weighted by Gasteiger charge is -2.25. The lowest BCUT2D eigenvalue weighted by molar-refractivity contribution is 0.151. The summed E-state index contributed by atoms with van der Waals surface area (Å²) in [5.74, 6) is 0.718. The number of amides is 2. The molecular formula is C19H26N2O2. The number of nitrogens with one attached hydrogen (secondary N) is 1. The van der Waals surface area contributed by atoms with Crippen LogP contribution in [-0.4, -0.2) is 43.3 Å². The summed E-state index contributed by atoms with van der Waals surface area (Å²) in [6.07, 6.45) is 8.92. The Kier molecular flexibility index (Phi) is 5.01.